The fourth-order valence-corrected chi connectivity index (χ4v) is 3.64. The molecule has 1 saturated heterocycles. The molecule has 0 aromatic heterocycles. The van der Waals surface area contributed by atoms with Crippen molar-refractivity contribution >= 4 is 17.3 Å². The summed E-state index contributed by atoms with van der Waals surface area (Å²) in [5.41, 5.74) is 2.31. The maximum atomic E-state index is 6.48. The maximum absolute atomic E-state index is 6.48. The molecule has 3 nitrogen and oxygen atoms in total. The minimum absolute atomic E-state index is 0.276. The van der Waals surface area contributed by atoms with Gasteiger partial charge in [0.25, 0.3) is 0 Å². The van der Waals surface area contributed by atoms with Crippen molar-refractivity contribution in [1.82, 2.24) is 0 Å². The molecule has 2 aromatic carbocycles. The fraction of sp³-hybridized carbons (Fsp3) is 0.368. The summed E-state index contributed by atoms with van der Waals surface area (Å²) in [5.74, 6) is 1.95. The van der Waals surface area contributed by atoms with Crippen molar-refractivity contribution in [3.63, 3.8) is 0 Å². The molecule has 2 aliphatic heterocycles. The normalized spacial score (nSPS) is 17.7. The van der Waals surface area contributed by atoms with Crippen LogP contribution in [0.25, 0.3) is 0 Å². The predicted molar refractivity (Wildman–Crippen MR) is 93.0 cm³/mol. The number of nitrogens with zero attached hydrogens (tertiary/aromatic N) is 1. The van der Waals surface area contributed by atoms with E-state index in [1.165, 1.54) is 5.56 Å². The Morgan fingerprint density at radius 1 is 1.09 bits per heavy atom. The zero-order valence-corrected chi connectivity index (χ0v) is 13.8. The molecule has 0 amide bonds. The molecule has 2 heterocycles. The first-order valence-corrected chi connectivity index (χ1v) is 8.59. The van der Waals surface area contributed by atoms with Gasteiger partial charge in [-0.05, 0) is 23.8 Å². The quantitative estimate of drug-likeness (QED) is 0.837. The highest BCUT2D eigenvalue weighted by Gasteiger charge is 2.24. The number of hydrogen-bond donors (Lipinski definition) is 0. The number of benzene rings is 2. The third kappa shape index (κ3) is 3.11. The van der Waals surface area contributed by atoms with Crippen LogP contribution in [0.4, 0.5) is 5.69 Å². The van der Waals surface area contributed by atoms with Gasteiger partial charge in [0, 0.05) is 38.4 Å². The summed E-state index contributed by atoms with van der Waals surface area (Å²) >= 11 is 6.48. The molecule has 0 bridgehead atoms. The van der Waals surface area contributed by atoms with E-state index >= 15 is 0 Å². The van der Waals surface area contributed by atoms with Crippen LogP contribution in [-0.2, 0) is 6.42 Å². The van der Waals surface area contributed by atoms with Crippen molar-refractivity contribution in [3.8, 4) is 11.5 Å². The minimum atomic E-state index is 0.276. The number of halogens is 1. The molecule has 0 radical (unpaired) electrons. The van der Waals surface area contributed by atoms with Gasteiger partial charge in [0.15, 0.2) is 0 Å². The Hall–Kier alpha value is -1.87. The minimum Gasteiger partial charge on any atom is -0.493 e. The van der Waals surface area contributed by atoms with Gasteiger partial charge in [-0.2, -0.15) is 0 Å². The van der Waals surface area contributed by atoms with E-state index in [2.05, 4.69) is 17.0 Å². The van der Waals surface area contributed by atoms with Gasteiger partial charge in [-0.25, -0.2) is 0 Å². The molecule has 0 N–H and O–H groups in total. The van der Waals surface area contributed by atoms with Crippen molar-refractivity contribution in [3.05, 3.63) is 53.1 Å². The summed E-state index contributed by atoms with van der Waals surface area (Å²) in [6.07, 6.45) is 3.24. The van der Waals surface area contributed by atoms with Gasteiger partial charge in [0.05, 0.1) is 17.3 Å². The Labute approximate surface area is 141 Å². The van der Waals surface area contributed by atoms with Crippen LogP contribution in [0.1, 0.15) is 18.4 Å². The van der Waals surface area contributed by atoms with E-state index in [0.29, 0.717) is 0 Å². The average Bonchev–Trinajstić information content (AvgIpc) is 3.03. The van der Waals surface area contributed by atoms with E-state index < -0.39 is 0 Å². The van der Waals surface area contributed by atoms with Crippen LogP contribution >= 0.6 is 11.6 Å². The molecular weight excluding hydrogens is 310 g/mol. The monoisotopic (exact) mass is 329 g/mol. The van der Waals surface area contributed by atoms with Crippen molar-refractivity contribution < 1.29 is 9.47 Å². The lowest BCUT2D eigenvalue weighted by Gasteiger charge is -2.34. The summed E-state index contributed by atoms with van der Waals surface area (Å²) < 4.78 is 11.7. The van der Waals surface area contributed by atoms with Gasteiger partial charge < -0.3 is 14.4 Å². The lowest BCUT2D eigenvalue weighted by atomic mass is 10.1. The van der Waals surface area contributed by atoms with Crippen molar-refractivity contribution in [2.45, 2.75) is 25.4 Å². The van der Waals surface area contributed by atoms with Gasteiger partial charge in [-0.3, -0.25) is 0 Å². The standard InChI is InChI=1S/C19H20ClNO2/c20-17-12-14-8-11-22-19(14)13-18(17)21-9-6-16(7-10-21)23-15-4-2-1-3-5-15/h1-5,12-13,16H,6-11H2. The first kappa shape index (κ1) is 14.7. The highest BCUT2D eigenvalue weighted by Crippen LogP contribution is 2.37. The van der Waals surface area contributed by atoms with Crippen LogP contribution in [0.2, 0.25) is 5.02 Å². The van der Waals surface area contributed by atoms with Crippen LogP contribution in [0.15, 0.2) is 42.5 Å². The van der Waals surface area contributed by atoms with Gasteiger partial charge in [-0.15, -0.1) is 0 Å². The highest BCUT2D eigenvalue weighted by atomic mass is 35.5. The summed E-state index contributed by atoms with van der Waals surface area (Å²) in [6.45, 7) is 2.67. The SMILES string of the molecule is Clc1cc2c(cc1N1CCC(Oc3ccccc3)CC1)OCC2. The Balaban J connectivity index is 1.42. The topological polar surface area (TPSA) is 21.7 Å². The summed E-state index contributed by atoms with van der Waals surface area (Å²) in [6, 6.07) is 14.2. The summed E-state index contributed by atoms with van der Waals surface area (Å²) in [7, 11) is 0. The lowest BCUT2D eigenvalue weighted by Crippen LogP contribution is -2.38. The molecule has 4 heteroatoms. The summed E-state index contributed by atoms with van der Waals surface area (Å²) in [5, 5.41) is 0.830. The van der Waals surface area contributed by atoms with E-state index in [-0.39, 0.29) is 6.10 Å². The molecule has 23 heavy (non-hydrogen) atoms. The van der Waals surface area contributed by atoms with Crippen molar-refractivity contribution in [2.75, 3.05) is 24.6 Å². The zero-order valence-electron chi connectivity index (χ0n) is 13.0. The number of hydrogen-bond acceptors (Lipinski definition) is 3. The Morgan fingerprint density at radius 2 is 1.87 bits per heavy atom. The van der Waals surface area contributed by atoms with E-state index in [4.69, 9.17) is 21.1 Å². The fourth-order valence-electron chi connectivity index (χ4n) is 3.33. The van der Waals surface area contributed by atoms with Crippen LogP contribution in [0, 0.1) is 0 Å². The van der Waals surface area contributed by atoms with E-state index in [1.807, 2.05) is 30.3 Å². The average molecular weight is 330 g/mol. The van der Waals surface area contributed by atoms with Gasteiger partial charge >= 0.3 is 0 Å². The molecule has 0 unspecified atom stereocenters. The number of fused-ring (bicyclic) bond motifs is 1. The van der Waals surface area contributed by atoms with Crippen LogP contribution in [-0.4, -0.2) is 25.8 Å². The number of para-hydroxylation sites is 1. The largest absolute Gasteiger partial charge is 0.493 e. The van der Waals surface area contributed by atoms with E-state index in [0.717, 1.165) is 61.2 Å². The van der Waals surface area contributed by atoms with Crippen molar-refractivity contribution in [2.24, 2.45) is 0 Å². The predicted octanol–water partition coefficient (Wildman–Crippen LogP) is 4.32. The Morgan fingerprint density at radius 3 is 2.65 bits per heavy atom. The Bertz CT molecular complexity index is 681. The molecule has 0 atom stereocenters. The molecule has 2 aromatic rings. The number of ether oxygens (including phenoxy) is 2. The third-order valence-electron chi connectivity index (χ3n) is 4.59. The molecule has 0 spiro atoms. The first-order chi connectivity index (χ1) is 11.3. The molecule has 1 fully saturated rings. The molecular formula is C19H20ClNO2. The van der Waals surface area contributed by atoms with Crippen LogP contribution in [0.5, 0.6) is 11.5 Å². The Kier molecular flexibility index (Phi) is 4.04. The second kappa shape index (κ2) is 6.32. The van der Waals surface area contributed by atoms with Crippen LogP contribution < -0.4 is 14.4 Å². The zero-order chi connectivity index (χ0) is 15.6. The van der Waals surface area contributed by atoms with Crippen molar-refractivity contribution in [1.29, 1.82) is 0 Å². The highest BCUT2D eigenvalue weighted by molar-refractivity contribution is 6.33. The van der Waals surface area contributed by atoms with Crippen LogP contribution in [0.3, 0.4) is 0 Å². The molecule has 4 rings (SSSR count). The number of anilines is 1. The second-order valence-electron chi connectivity index (χ2n) is 6.13. The molecule has 2 aliphatic rings. The second-order valence-corrected chi connectivity index (χ2v) is 6.53. The number of piperidine rings is 1. The first-order valence-electron chi connectivity index (χ1n) is 8.21. The molecule has 0 saturated carbocycles. The van der Waals surface area contributed by atoms with Gasteiger partial charge in [-0.1, -0.05) is 29.8 Å². The maximum Gasteiger partial charge on any atom is 0.124 e. The summed E-state index contributed by atoms with van der Waals surface area (Å²) in [4.78, 5) is 2.34. The number of rotatable bonds is 3. The lowest BCUT2D eigenvalue weighted by molar-refractivity contribution is 0.171. The third-order valence-corrected chi connectivity index (χ3v) is 4.89. The van der Waals surface area contributed by atoms with E-state index in [1.54, 1.807) is 0 Å². The molecule has 0 aliphatic carbocycles. The van der Waals surface area contributed by atoms with E-state index in [9.17, 15) is 0 Å². The molecule has 120 valence electrons. The van der Waals surface area contributed by atoms with Gasteiger partial charge in [0.2, 0.25) is 0 Å². The van der Waals surface area contributed by atoms with Gasteiger partial charge in [0.1, 0.15) is 17.6 Å². The smallest absolute Gasteiger partial charge is 0.124 e.